The van der Waals surface area contributed by atoms with Crippen molar-refractivity contribution in [3.05, 3.63) is 18.0 Å². The van der Waals surface area contributed by atoms with E-state index < -0.39 is 0 Å². The van der Waals surface area contributed by atoms with Gasteiger partial charge in [0.25, 0.3) is 0 Å². The van der Waals surface area contributed by atoms with Gasteiger partial charge in [-0.25, -0.2) is 0 Å². The average Bonchev–Trinajstić information content (AvgIpc) is 3.09. The predicted octanol–water partition coefficient (Wildman–Crippen LogP) is 2.18. The molecule has 1 saturated heterocycles. The van der Waals surface area contributed by atoms with Gasteiger partial charge in [0.2, 0.25) is 0 Å². The monoisotopic (exact) mass is 262 g/mol. The summed E-state index contributed by atoms with van der Waals surface area (Å²) in [6.45, 7) is 3.29. The van der Waals surface area contributed by atoms with Gasteiger partial charge in [-0.1, -0.05) is 12.8 Å². The Bertz CT molecular complexity index is 389. The van der Waals surface area contributed by atoms with Crippen LogP contribution in [0.3, 0.4) is 0 Å². The molecule has 2 aliphatic rings. The van der Waals surface area contributed by atoms with Gasteiger partial charge in [0.05, 0.1) is 11.7 Å². The van der Waals surface area contributed by atoms with Crippen LogP contribution in [0.4, 0.5) is 0 Å². The van der Waals surface area contributed by atoms with Crippen LogP contribution in [-0.2, 0) is 6.54 Å². The molecule has 0 radical (unpaired) electrons. The van der Waals surface area contributed by atoms with E-state index in [1.807, 2.05) is 0 Å². The third-order valence-corrected chi connectivity index (χ3v) is 4.49. The quantitative estimate of drug-likeness (QED) is 0.883. The van der Waals surface area contributed by atoms with Crippen molar-refractivity contribution in [2.24, 2.45) is 0 Å². The van der Waals surface area contributed by atoms with Crippen molar-refractivity contribution in [1.82, 2.24) is 20.0 Å². The third kappa shape index (κ3) is 3.37. The predicted molar refractivity (Wildman–Crippen MR) is 77.1 cm³/mol. The number of hydrogen-bond acceptors (Lipinski definition) is 3. The fourth-order valence-electron chi connectivity index (χ4n) is 3.46. The zero-order valence-electron chi connectivity index (χ0n) is 12.0. The Balaban J connectivity index is 1.51. The molecule has 1 aromatic heterocycles. The molecule has 0 spiro atoms. The molecule has 1 aliphatic heterocycles. The van der Waals surface area contributed by atoms with Gasteiger partial charge >= 0.3 is 0 Å². The molecule has 4 heteroatoms. The molecule has 2 fully saturated rings. The van der Waals surface area contributed by atoms with Crippen LogP contribution in [0.25, 0.3) is 0 Å². The van der Waals surface area contributed by atoms with E-state index in [9.17, 15) is 0 Å². The largest absolute Gasteiger partial charge is 0.313 e. The number of nitrogens with one attached hydrogen (secondary N) is 1. The van der Waals surface area contributed by atoms with Crippen molar-refractivity contribution < 1.29 is 0 Å². The van der Waals surface area contributed by atoms with Gasteiger partial charge in [-0.3, -0.25) is 9.58 Å². The van der Waals surface area contributed by atoms with Gasteiger partial charge in [0.15, 0.2) is 0 Å². The normalized spacial score (nSPS) is 24.6. The highest BCUT2D eigenvalue weighted by Gasteiger charge is 2.19. The molecule has 1 atom stereocenters. The second kappa shape index (κ2) is 6.06. The zero-order chi connectivity index (χ0) is 13.1. The molecule has 106 valence electrons. The lowest BCUT2D eigenvalue weighted by atomic mass is 10.2. The van der Waals surface area contributed by atoms with Crippen LogP contribution >= 0.6 is 0 Å². The van der Waals surface area contributed by atoms with Gasteiger partial charge in [-0.2, -0.15) is 5.10 Å². The van der Waals surface area contributed by atoms with Gasteiger partial charge in [0.1, 0.15) is 0 Å². The first-order valence-electron chi connectivity index (χ1n) is 7.77. The minimum atomic E-state index is 0.663. The van der Waals surface area contributed by atoms with Gasteiger partial charge in [-0.05, 0) is 45.3 Å². The van der Waals surface area contributed by atoms with E-state index in [0.717, 1.165) is 13.1 Å². The minimum Gasteiger partial charge on any atom is -0.313 e. The van der Waals surface area contributed by atoms with E-state index in [2.05, 4.69) is 34.2 Å². The number of aromatic nitrogens is 2. The number of likely N-dealkylation sites (N-methyl/N-ethyl adjacent to an activating group) is 1. The Morgan fingerprint density at radius 1 is 1.32 bits per heavy atom. The maximum atomic E-state index is 4.76. The topological polar surface area (TPSA) is 33.1 Å². The van der Waals surface area contributed by atoms with Crippen LogP contribution in [0, 0.1) is 0 Å². The highest BCUT2D eigenvalue weighted by Crippen LogP contribution is 2.28. The lowest BCUT2D eigenvalue weighted by molar-refractivity contribution is 0.288. The summed E-state index contributed by atoms with van der Waals surface area (Å²) >= 11 is 0. The molecule has 1 N–H and O–H groups in total. The van der Waals surface area contributed by atoms with E-state index in [1.54, 1.807) is 0 Å². The van der Waals surface area contributed by atoms with Crippen molar-refractivity contribution in [3.8, 4) is 0 Å². The van der Waals surface area contributed by atoms with Crippen molar-refractivity contribution in [2.75, 3.05) is 20.1 Å². The summed E-state index contributed by atoms with van der Waals surface area (Å²) in [5.74, 6) is 0. The zero-order valence-corrected chi connectivity index (χ0v) is 12.0. The Morgan fingerprint density at radius 3 is 2.89 bits per heavy atom. The first-order valence-corrected chi connectivity index (χ1v) is 7.77. The summed E-state index contributed by atoms with van der Waals surface area (Å²) < 4.78 is 2.20. The first kappa shape index (κ1) is 13.1. The summed E-state index contributed by atoms with van der Waals surface area (Å²) in [5, 5.41) is 8.32. The Labute approximate surface area is 116 Å². The highest BCUT2D eigenvalue weighted by molar-refractivity contribution is 5.00. The second-order valence-corrected chi connectivity index (χ2v) is 6.22. The Hall–Kier alpha value is -0.870. The van der Waals surface area contributed by atoms with Crippen LogP contribution in [0.15, 0.2) is 12.3 Å². The maximum Gasteiger partial charge on any atom is 0.0764 e. The summed E-state index contributed by atoms with van der Waals surface area (Å²) in [4.78, 5) is 2.39. The molecule has 0 bridgehead atoms. The number of rotatable bonds is 5. The summed E-state index contributed by atoms with van der Waals surface area (Å²) in [7, 11) is 2.20. The lowest BCUT2D eigenvalue weighted by Gasteiger charge is -2.20. The van der Waals surface area contributed by atoms with Gasteiger partial charge in [0, 0.05) is 25.3 Å². The molecule has 0 aromatic carbocycles. The molecular formula is C15H26N4. The molecule has 1 aliphatic carbocycles. The summed E-state index contributed by atoms with van der Waals surface area (Å²) in [6.07, 6.45) is 10.2. The van der Waals surface area contributed by atoms with Crippen LogP contribution in [0.5, 0.6) is 0 Å². The van der Waals surface area contributed by atoms with Crippen molar-refractivity contribution in [1.29, 1.82) is 0 Å². The van der Waals surface area contributed by atoms with Crippen LogP contribution in [0.2, 0.25) is 0 Å². The smallest absolute Gasteiger partial charge is 0.0764 e. The molecule has 0 amide bonds. The highest BCUT2D eigenvalue weighted by atomic mass is 15.3. The Kier molecular flexibility index (Phi) is 4.18. The lowest BCUT2D eigenvalue weighted by Crippen LogP contribution is -2.35. The standard InChI is InChI=1S/C15H26N4/c1-18(11-13-5-4-9-16-13)12-14-8-10-19(17-14)15-6-2-3-7-15/h8,10,13,15-16H,2-7,9,11-12H2,1H3. The second-order valence-electron chi connectivity index (χ2n) is 6.22. The molecule has 1 aromatic rings. The molecule has 2 heterocycles. The third-order valence-electron chi connectivity index (χ3n) is 4.49. The van der Waals surface area contributed by atoms with E-state index >= 15 is 0 Å². The van der Waals surface area contributed by atoms with Gasteiger partial charge in [-0.15, -0.1) is 0 Å². The first-order chi connectivity index (χ1) is 9.31. The molecular weight excluding hydrogens is 236 g/mol. The maximum absolute atomic E-state index is 4.76. The molecule has 3 rings (SSSR count). The van der Waals surface area contributed by atoms with Gasteiger partial charge < -0.3 is 5.32 Å². The van der Waals surface area contributed by atoms with Crippen molar-refractivity contribution >= 4 is 0 Å². The summed E-state index contributed by atoms with van der Waals surface area (Å²) in [5.41, 5.74) is 1.22. The molecule has 19 heavy (non-hydrogen) atoms. The average molecular weight is 262 g/mol. The van der Waals surface area contributed by atoms with Crippen LogP contribution in [-0.4, -0.2) is 40.9 Å². The minimum absolute atomic E-state index is 0.663. The molecule has 1 saturated carbocycles. The fourth-order valence-corrected chi connectivity index (χ4v) is 3.46. The van der Waals surface area contributed by atoms with E-state index in [0.29, 0.717) is 12.1 Å². The number of nitrogens with zero attached hydrogens (tertiary/aromatic N) is 3. The number of hydrogen-bond donors (Lipinski definition) is 1. The van der Waals surface area contributed by atoms with Crippen molar-refractivity contribution in [3.63, 3.8) is 0 Å². The van der Waals surface area contributed by atoms with E-state index in [1.165, 1.54) is 50.8 Å². The SMILES string of the molecule is CN(Cc1ccn(C2CCCC2)n1)CC1CCCN1. The fraction of sp³-hybridized carbons (Fsp3) is 0.800. The van der Waals surface area contributed by atoms with Crippen molar-refractivity contribution in [2.45, 2.75) is 57.2 Å². The van der Waals surface area contributed by atoms with E-state index in [-0.39, 0.29) is 0 Å². The summed E-state index contributed by atoms with van der Waals surface area (Å²) in [6, 6.07) is 3.54. The van der Waals surface area contributed by atoms with E-state index in [4.69, 9.17) is 5.10 Å². The molecule has 4 nitrogen and oxygen atoms in total. The van der Waals surface area contributed by atoms with Crippen LogP contribution in [0.1, 0.15) is 50.3 Å². The van der Waals surface area contributed by atoms with Crippen LogP contribution < -0.4 is 5.32 Å². The molecule has 1 unspecified atom stereocenters. The Morgan fingerprint density at radius 2 is 2.16 bits per heavy atom.